The lowest BCUT2D eigenvalue weighted by Crippen LogP contribution is -2.38. The van der Waals surface area contributed by atoms with E-state index in [9.17, 15) is 14.3 Å². The molecule has 1 aromatic rings. The van der Waals surface area contributed by atoms with Gasteiger partial charge in [-0.15, -0.1) is 0 Å². The zero-order chi connectivity index (χ0) is 15.2. The molecule has 0 aromatic heterocycles. The van der Waals surface area contributed by atoms with Crippen LogP contribution in [-0.4, -0.2) is 36.9 Å². The maximum Gasteiger partial charge on any atom is 0.248 e. The summed E-state index contributed by atoms with van der Waals surface area (Å²) in [7, 11) is 1.57. The van der Waals surface area contributed by atoms with Gasteiger partial charge in [0.1, 0.15) is 5.82 Å². The number of methoxy groups -OCH3 is 1. The van der Waals surface area contributed by atoms with E-state index in [-0.39, 0.29) is 12.1 Å². The van der Waals surface area contributed by atoms with Crippen molar-refractivity contribution in [3.8, 4) is 0 Å². The van der Waals surface area contributed by atoms with Gasteiger partial charge in [-0.1, -0.05) is 6.07 Å². The SMILES string of the molecule is COCCC(C)(O)CNCc1ccc(C(N)=O)cc1F. The Hall–Kier alpha value is -1.50. The summed E-state index contributed by atoms with van der Waals surface area (Å²) in [5.74, 6) is -1.16. The van der Waals surface area contributed by atoms with Crippen LogP contribution < -0.4 is 11.1 Å². The van der Waals surface area contributed by atoms with Crippen molar-refractivity contribution < 1.29 is 19.0 Å². The van der Waals surface area contributed by atoms with Crippen molar-refractivity contribution in [1.29, 1.82) is 0 Å². The average Bonchev–Trinajstić information content (AvgIpc) is 2.38. The molecule has 1 atom stereocenters. The number of carbonyl (C=O) groups excluding carboxylic acids is 1. The van der Waals surface area contributed by atoms with E-state index in [1.165, 1.54) is 12.1 Å². The summed E-state index contributed by atoms with van der Waals surface area (Å²) in [4.78, 5) is 10.9. The molecule has 1 aromatic carbocycles. The summed E-state index contributed by atoms with van der Waals surface area (Å²) >= 11 is 0. The van der Waals surface area contributed by atoms with Crippen molar-refractivity contribution in [3.05, 3.63) is 35.1 Å². The van der Waals surface area contributed by atoms with Gasteiger partial charge in [-0.25, -0.2) is 4.39 Å². The molecule has 0 aliphatic carbocycles. The molecule has 0 fully saturated rings. The van der Waals surface area contributed by atoms with Gasteiger partial charge in [0.25, 0.3) is 0 Å². The third-order valence-electron chi connectivity index (χ3n) is 3.00. The van der Waals surface area contributed by atoms with E-state index in [0.717, 1.165) is 6.07 Å². The molecule has 1 amide bonds. The molecular weight excluding hydrogens is 263 g/mol. The van der Waals surface area contributed by atoms with Gasteiger partial charge in [0, 0.05) is 44.4 Å². The Balaban J connectivity index is 2.52. The van der Waals surface area contributed by atoms with Crippen LogP contribution in [0.3, 0.4) is 0 Å². The first-order valence-corrected chi connectivity index (χ1v) is 6.36. The Bertz CT molecular complexity index is 464. The summed E-state index contributed by atoms with van der Waals surface area (Å²) < 4.78 is 18.6. The minimum atomic E-state index is -0.917. The van der Waals surface area contributed by atoms with E-state index in [1.54, 1.807) is 14.0 Å². The number of primary amides is 1. The smallest absolute Gasteiger partial charge is 0.248 e. The van der Waals surface area contributed by atoms with Crippen molar-refractivity contribution in [1.82, 2.24) is 5.32 Å². The van der Waals surface area contributed by atoms with E-state index < -0.39 is 17.3 Å². The minimum absolute atomic E-state index is 0.137. The number of amides is 1. The Morgan fingerprint density at radius 1 is 1.55 bits per heavy atom. The Morgan fingerprint density at radius 3 is 2.80 bits per heavy atom. The maximum absolute atomic E-state index is 13.7. The number of rotatable bonds is 8. The van der Waals surface area contributed by atoms with Crippen LogP contribution in [0.25, 0.3) is 0 Å². The molecule has 5 nitrogen and oxygen atoms in total. The van der Waals surface area contributed by atoms with Gasteiger partial charge in [0.15, 0.2) is 0 Å². The Kier molecular flexibility index (Phi) is 6.06. The standard InChI is InChI=1S/C14H21FN2O3/c1-14(19,5-6-20-2)9-17-8-11-4-3-10(13(16)18)7-12(11)15/h3-4,7,17,19H,5-6,8-9H2,1-2H3,(H2,16,18). The van der Waals surface area contributed by atoms with Crippen LogP contribution in [0.1, 0.15) is 29.3 Å². The highest BCUT2D eigenvalue weighted by atomic mass is 19.1. The molecule has 0 aliphatic rings. The molecule has 0 saturated carbocycles. The summed E-state index contributed by atoms with van der Waals surface area (Å²) in [6, 6.07) is 4.10. The van der Waals surface area contributed by atoms with E-state index in [1.807, 2.05) is 0 Å². The van der Waals surface area contributed by atoms with Crippen molar-refractivity contribution in [2.75, 3.05) is 20.3 Å². The first-order chi connectivity index (χ1) is 9.35. The second-order valence-corrected chi connectivity index (χ2v) is 5.01. The number of aliphatic hydroxyl groups is 1. The minimum Gasteiger partial charge on any atom is -0.389 e. The maximum atomic E-state index is 13.7. The van der Waals surface area contributed by atoms with Crippen molar-refractivity contribution >= 4 is 5.91 Å². The molecule has 1 unspecified atom stereocenters. The van der Waals surface area contributed by atoms with Gasteiger partial charge in [0.05, 0.1) is 5.60 Å². The molecule has 0 spiro atoms. The number of carbonyl (C=O) groups is 1. The summed E-state index contributed by atoms with van der Waals surface area (Å²) in [6.07, 6.45) is 0.486. The molecule has 1 rings (SSSR count). The number of ether oxygens (including phenoxy) is 1. The first-order valence-electron chi connectivity index (χ1n) is 6.36. The van der Waals surface area contributed by atoms with E-state index >= 15 is 0 Å². The van der Waals surface area contributed by atoms with Gasteiger partial charge >= 0.3 is 0 Å². The monoisotopic (exact) mass is 284 g/mol. The summed E-state index contributed by atoms with van der Waals surface area (Å²) in [5.41, 5.74) is 4.71. The highest BCUT2D eigenvalue weighted by molar-refractivity contribution is 5.92. The van der Waals surface area contributed by atoms with E-state index in [0.29, 0.717) is 25.1 Å². The zero-order valence-corrected chi connectivity index (χ0v) is 11.8. The van der Waals surface area contributed by atoms with Crippen LogP contribution in [0.2, 0.25) is 0 Å². The van der Waals surface area contributed by atoms with Gasteiger partial charge < -0.3 is 20.9 Å². The van der Waals surface area contributed by atoms with Crippen LogP contribution in [0.5, 0.6) is 0 Å². The number of halogens is 1. The quantitative estimate of drug-likeness (QED) is 0.659. The molecule has 6 heteroatoms. The third-order valence-corrected chi connectivity index (χ3v) is 3.00. The van der Waals surface area contributed by atoms with Gasteiger partial charge in [0.2, 0.25) is 5.91 Å². The fourth-order valence-electron chi connectivity index (χ4n) is 1.72. The van der Waals surface area contributed by atoms with E-state index in [4.69, 9.17) is 10.5 Å². The van der Waals surface area contributed by atoms with Crippen LogP contribution in [0.15, 0.2) is 18.2 Å². The molecule has 0 radical (unpaired) electrons. The summed E-state index contributed by atoms with van der Waals surface area (Å²) in [5, 5.41) is 13.0. The molecule has 20 heavy (non-hydrogen) atoms. The fourth-order valence-corrected chi connectivity index (χ4v) is 1.72. The molecule has 4 N–H and O–H groups in total. The normalized spacial score (nSPS) is 14.0. The lowest BCUT2D eigenvalue weighted by Gasteiger charge is -2.23. The second-order valence-electron chi connectivity index (χ2n) is 5.01. The topological polar surface area (TPSA) is 84.6 Å². The van der Waals surface area contributed by atoms with Gasteiger partial charge in [-0.3, -0.25) is 4.79 Å². The number of benzene rings is 1. The number of hydrogen-bond acceptors (Lipinski definition) is 4. The molecular formula is C14H21FN2O3. The number of nitrogens with one attached hydrogen (secondary N) is 1. The molecule has 0 saturated heterocycles. The van der Waals surface area contributed by atoms with Crippen molar-refractivity contribution in [2.45, 2.75) is 25.5 Å². The van der Waals surface area contributed by atoms with Gasteiger partial charge in [-0.2, -0.15) is 0 Å². The Morgan fingerprint density at radius 2 is 2.25 bits per heavy atom. The first kappa shape index (κ1) is 16.6. The highest BCUT2D eigenvalue weighted by Gasteiger charge is 2.19. The molecule has 0 heterocycles. The zero-order valence-electron chi connectivity index (χ0n) is 11.8. The molecule has 0 bridgehead atoms. The number of hydrogen-bond donors (Lipinski definition) is 3. The third kappa shape index (κ3) is 5.24. The largest absolute Gasteiger partial charge is 0.389 e. The Labute approximate surface area is 117 Å². The van der Waals surface area contributed by atoms with Crippen LogP contribution >= 0.6 is 0 Å². The van der Waals surface area contributed by atoms with E-state index in [2.05, 4.69) is 5.32 Å². The molecule has 112 valence electrons. The van der Waals surface area contributed by atoms with Crippen LogP contribution in [0.4, 0.5) is 4.39 Å². The fraction of sp³-hybridized carbons (Fsp3) is 0.500. The number of nitrogens with two attached hydrogens (primary N) is 1. The second kappa shape index (κ2) is 7.33. The van der Waals surface area contributed by atoms with Crippen LogP contribution in [-0.2, 0) is 11.3 Å². The van der Waals surface area contributed by atoms with Crippen LogP contribution in [0, 0.1) is 5.82 Å². The predicted molar refractivity (Wildman–Crippen MR) is 73.7 cm³/mol. The van der Waals surface area contributed by atoms with Crippen molar-refractivity contribution in [2.24, 2.45) is 5.73 Å². The average molecular weight is 284 g/mol. The summed E-state index contributed by atoms with van der Waals surface area (Å²) in [6.45, 7) is 2.71. The lowest BCUT2D eigenvalue weighted by molar-refractivity contribution is 0.0247. The lowest BCUT2D eigenvalue weighted by atomic mass is 10.0. The predicted octanol–water partition coefficient (Wildman–Crippen LogP) is 0.802. The molecule has 0 aliphatic heterocycles. The van der Waals surface area contributed by atoms with Gasteiger partial charge in [-0.05, 0) is 19.1 Å². The highest BCUT2D eigenvalue weighted by Crippen LogP contribution is 2.12. The van der Waals surface area contributed by atoms with Crippen molar-refractivity contribution in [3.63, 3.8) is 0 Å².